The van der Waals surface area contributed by atoms with E-state index in [1.807, 2.05) is 0 Å². The monoisotopic (exact) mass is 142 g/mol. The molecule has 0 aromatic rings. The molecule has 62 valence electrons. The molecule has 0 aromatic heterocycles. The highest BCUT2D eigenvalue weighted by atomic mass is 14.3. The molecule has 0 saturated heterocycles. The van der Waals surface area contributed by atoms with Crippen LogP contribution in [0.2, 0.25) is 0 Å². The fourth-order valence-corrected chi connectivity index (χ4v) is 2.86. The van der Waals surface area contributed by atoms with E-state index in [-0.39, 0.29) is 2.85 Å². The molecule has 0 aliphatic heterocycles. The number of hydrogen-bond acceptors (Lipinski definition) is 0. The lowest BCUT2D eigenvalue weighted by Crippen LogP contribution is -2.22. The van der Waals surface area contributed by atoms with Crippen molar-refractivity contribution >= 4 is 0 Å². The van der Waals surface area contributed by atoms with Crippen LogP contribution in [0.25, 0.3) is 0 Å². The maximum atomic E-state index is 1.56. The van der Waals surface area contributed by atoms with Gasteiger partial charge in [0.05, 0.1) is 0 Å². The van der Waals surface area contributed by atoms with Gasteiger partial charge in [-0.25, -0.2) is 0 Å². The Morgan fingerprint density at radius 1 is 0.600 bits per heavy atom. The Morgan fingerprint density at radius 2 is 0.900 bits per heavy atom. The SMILES string of the molecule is C1CCC2CCCCC2C1.[HH].[HH]. The second-order valence-corrected chi connectivity index (χ2v) is 4.09. The molecule has 0 aromatic carbocycles. The van der Waals surface area contributed by atoms with Gasteiger partial charge in [0.25, 0.3) is 0 Å². The summed E-state index contributed by atoms with van der Waals surface area (Å²) in [4.78, 5) is 0. The summed E-state index contributed by atoms with van der Waals surface area (Å²) in [6.07, 6.45) is 12.4. The van der Waals surface area contributed by atoms with Crippen molar-refractivity contribution in [1.29, 1.82) is 0 Å². The maximum absolute atomic E-state index is 1.56. The molecule has 0 N–H and O–H groups in total. The second kappa shape index (κ2) is 2.94. The average Bonchev–Trinajstić information content (AvgIpc) is 2.05. The molecule has 2 fully saturated rings. The Balaban J connectivity index is 0.000000605. The molecule has 0 heterocycles. The van der Waals surface area contributed by atoms with E-state index in [0.717, 1.165) is 11.8 Å². The highest BCUT2D eigenvalue weighted by molar-refractivity contribution is 4.78. The highest BCUT2D eigenvalue weighted by Crippen LogP contribution is 2.39. The Kier molecular flexibility index (Phi) is 1.97. The minimum Gasteiger partial charge on any atom is -0.0530 e. The molecule has 0 amide bonds. The minimum atomic E-state index is 0. The molecule has 0 unspecified atom stereocenters. The van der Waals surface area contributed by atoms with Gasteiger partial charge in [-0.2, -0.15) is 0 Å². The van der Waals surface area contributed by atoms with Gasteiger partial charge in [-0.1, -0.05) is 51.4 Å². The third-order valence-electron chi connectivity index (χ3n) is 3.47. The molecule has 2 aliphatic carbocycles. The van der Waals surface area contributed by atoms with Crippen molar-refractivity contribution in [3.63, 3.8) is 0 Å². The van der Waals surface area contributed by atoms with Crippen LogP contribution in [0.5, 0.6) is 0 Å². The van der Waals surface area contributed by atoms with Crippen LogP contribution in [0.15, 0.2) is 0 Å². The fraction of sp³-hybridized carbons (Fsp3) is 1.00. The molecule has 2 rings (SSSR count). The summed E-state index contributed by atoms with van der Waals surface area (Å²) >= 11 is 0. The predicted molar refractivity (Wildman–Crippen MR) is 48.1 cm³/mol. The van der Waals surface area contributed by atoms with Gasteiger partial charge in [-0.3, -0.25) is 0 Å². The molecule has 0 nitrogen and oxygen atoms in total. The van der Waals surface area contributed by atoms with Crippen LogP contribution in [0.3, 0.4) is 0 Å². The van der Waals surface area contributed by atoms with Crippen LogP contribution < -0.4 is 0 Å². The molecule has 10 heavy (non-hydrogen) atoms. The van der Waals surface area contributed by atoms with Crippen molar-refractivity contribution < 1.29 is 2.85 Å². The maximum Gasteiger partial charge on any atom is 0 e. The highest BCUT2D eigenvalue weighted by Gasteiger charge is 2.26. The van der Waals surface area contributed by atoms with E-state index in [1.54, 1.807) is 25.7 Å². The standard InChI is InChI=1S/C10H18.2H2/c1-2-6-10-8-4-3-7-9(10)5-1;;/h9-10H,1-8H2;2*1H. The largest absolute Gasteiger partial charge is 0.0530 e. The molecule has 0 radical (unpaired) electrons. The van der Waals surface area contributed by atoms with Gasteiger partial charge >= 0.3 is 0 Å². The van der Waals surface area contributed by atoms with Gasteiger partial charge in [-0.05, 0) is 11.8 Å². The molecule has 0 spiro atoms. The van der Waals surface area contributed by atoms with Crippen LogP contribution in [0, 0.1) is 11.8 Å². The topological polar surface area (TPSA) is 0 Å². The molecular formula is C10H22. The van der Waals surface area contributed by atoms with Gasteiger partial charge in [0.2, 0.25) is 0 Å². The number of rotatable bonds is 0. The first-order valence-corrected chi connectivity index (χ1v) is 4.97. The first kappa shape index (κ1) is 6.69. The van der Waals surface area contributed by atoms with E-state index in [2.05, 4.69) is 0 Å². The Hall–Kier alpha value is 0. The van der Waals surface area contributed by atoms with Crippen molar-refractivity contribution in [2.45, 2.75) is 51.4 Å². The van der Waals surface area contributed by atoms with Crippen LogP contribution >= 0.6 is 0 Å². The first-order chi connectivity index (χ1) is 4.97. The number of fused-ring (bicyclic) bond motifs is 1. The van der Waals surface area contributed by atoms with Gasteiger partial charge in [0, 0.05) is 2.85 Å². The summed E-state index contributed by atoms with van der Waals surface area (Å²) in [5.41, 5.74) is 0. The molecule has 0 atom stereocenters. The van der Waals surface area contributed by atoms with E-state index in [0.29, 0.717) is 0 Å². The summed E-state index contributed by atoms with van der Waals surface area (Å²) < 4.78 is 0. The van der Waals surface area contributed by atoms with E-state index in [1.165, 1.54) is 25.7 Å². The predicted octanol–water partition coefficient (Wildman–Crippen LogP) is 3.86. The molecule has 2 aliphatic rings. The summed E-state index contributed by atoms with van der Waals surface area (Å²) in [6, 6.07) is 0. The summed E-state index contributed by atoms with van der Waals surface area (Å²) in [6.45, 7) is 0. The zero-order valence-corrected chi connectivity index (χ0v) is 6.81. The van der Waals surface area contributed by atoms with Crippen molar-refractivity contribution in [2.75, 3.05) is 0 Å². The third kappa shape index (κ3) is 1.21. The van der Waals surface area contributed by atoms with E-state index < -0.39 is 0 Å². The lowest BCUT2D eigenvalue weighted by molar-refractivity contribution is 0.171. The lowest BCUT2D eigenvalue weighted by atomic mass is 9.71. The van der Waals surface area contributed by atoms with Crippen molar-refractivity contribution in [1.82, 2.24) is 0 Å². The van der Waals surface area contributed by atoms with E-state index in [9.17, 15) is 0 Å². The van der Waals surface area contributed by atoms with Crippen LogP contribution in [-0.2, 0) is 0 Å². The first-order valence-electron chi connectivity index (χ1n) is 4.97. The van der Waals surface area contributed by atoms with Crippen molar-refractivity contribution in [2.24, 2.45) is 11.8 Å². The Labute approximate surface area is 67.0 Å². The van der Waals surface area contributed by atoms with Gasteiger partial charge in [-0.15, -0.1) is 0 Å². The van der Waals surface area contributed by atoms with Crippen LogP contribution in [0.1, 0.15) is 54.2 Å². The van der Waals surface area contributed by atoms with Crippen LogP contribution in [0.4, 0.5) is 0 Å². The van der Waals surface area contributed by atoms with Crippen molar-refractivity contribution in [3.05, 3.63) is 0 Å². The average molecular weight is 142 g/mol. The number of hydrogen-bond donors (Lipinski definition) is 0. The Bertz CT molecular complexity index is 88.4. The molecule has 0 heteroatoms. The van der Waals surface area contributed by atoms with E-state index >= 15 is 0 Å². The zero-order chi connectivity index (χ0) is 6.81. The van der Waals surface area contributed by atoms with Gasteiger partial charge < -0.3 is 0 Å². The van der Waals surface area contributed by atoms with Gasteiger partial charge in [0.1, 0.15) is 0 Å². The van der Waals surface area contributed by atoms with Crippen molar-refractivity contribution in [3.8, 4) is 0 Å². The Morgan fingerprint density at radius 3 is 1.20 bits per heavy atom. The summed E-state index contributed by atoms with van der Waals surface area (Å²) in [5, 5.41) is 0. The zero-order valence-electron chi connectivity index (χ0n) is 6.81. The second-order valence-electron chi connectivity index (χ2n) is 4.09. The lowest BCUT2D eigenvalue weighted by Gasteiger charge is -2.35. The minimum absolute atomic E-state index is 0. The van der Waals surface area contributed by atoms with Crippen LogP contribution in [-0.4, -0.2) is 0 Å². The smallest absolute Gasteiger partial charge is 0 e. The molecule has 0 bridgehead atoms. The van der Waals surface area contributed by atoms with E-state index in [4.69, 9.17) is 0 Å². The third-order valence-corrected chi connectivity index (χ3v) is 3.47. The summed E-state index contributed by atoms with van der Waals surface area (Å²) in [7, 11) is 0. The fourth-order valence-electron chi connectivity index (χ4n) is 2.86. The quantitative estimate of drug-likeness (QED) is 0.482. The van der Waals surface area contributed by atoms with Gasteiger partial charge in [0.15, 0.2) is 0 Å². The molecule has 2 saturated carbocycles. The summed E-state index contributed by atoms with van der Waals surface area (Å²) in [5.74, 6) is 2.31. The molecular weight excluding hydrogens is 120 g/mol. The normalized spacial score (nSPS) is 40.8.